The number of rotatable bonds is 7. The molecule has 6 rings (SSSR count). The molecule has 1 aliphatic rings. The van der Waals surface area contributed by atoms with Crippen molar-refractivity contribution in [2.75, 3.05) is 31.1 Å². The number of Topliss-reactive ketones (excluding diaryl/α,β-unsaturated/α-hetero) is 1. The summed E-state index contributed by atoms with van der Waals surface area (Å²) in [6.45, 7) is 4.69. The molecule has 0 spiro atoms. The van der Waals surface area contributed by atoms with Gasteiger partial charge in [0.1, 0.15) is 11.5 Å². The lowest BCUT2D eigenvalue weighted by Gasteiger charge is -2.35. The molecule has 0 amide bonds. The van der Waals surface area contributed by atoms with Crippen molar-refractivity contribution in [2.24, 2.45) is 0 Å². The highest BCUT2D eigenvalue weighted by Crippen LogP contribution is 2.25. The predicted molar refractivity (Wildman–Crippen MR) is 147 cm³/mol. The number of carbonyl (C=O) groups is 1. The number of hydrogen-bond acceptors (Lipinski definition) is 8. The van der Waals surface area contributed by atoms with Crippen LogP contribution in [0.2, 0.25) is 0 Å². The molecule has 5 aromatic rings. The molecule has 0 saturated carbocycles. The van der Waals surface area contributed by atoms with Crippen LogP contribution in [0.3, 0.4) is 0 Å². The van der Waals surface area contributed by atoms with Crippen molar-refractivity contribution in [3.8, 4) is 11.1 Å². The predicted octanol–water partition coefficient (Wildman–Crippen LogP) is 4.23. The quantitative estimate of drug-likeness (QED) is 0.306. The molecule has 1 fully saturated rings. The highest BCUT2D eigenvalue weighted by atomic mass is 16.1. The van der Waals surface area contributed by atoms with Crippen LogP contribution >= 0.6 is 0 Å². The van der Waals surface area contributed by atoms with Crippen LogP contribution in [0, 0.1) is 0 Å². The molecule has 188 valence electrons. The van der Waals surface area contributed by atoms with Gasteiger partial charge in [0, 0.05) is 63.9 Å². The summed E-state index contributed by atoms with van der Waals surface area (Å²) >= 11 is 0. The molecule has 0 aliphatic carbocycles. The molecule has 4 heterocycles. The van der Waals surface area contributed by atoms with E-state index in [4.69, 9.17) is 4.98 Å². The average Bonchev–Trinajstić information content (AvgIpc) is 2.98. The minimum absolute atomic E-state index is 0.0442. The van der Waals surface area contributed by atoms with Crippen molar-refractivity contribution in [3.63, 3.8) is 0 Å². The molecule has 0 radical (unpaired) electrons. The lowest BCUT2D eigenvalue weighted by atomic mass is 10.0. The second-order valence-electron chi connectivity index (χ2n) is 9.44. The molecule has 8 heteroatoms. The van der Waals surface area contributed by atoms with Gasteiger partial charge in [0.15, 0.2) is 5.78 Å². The Labute approximate surface area is 221 Å². The lowest BCUT2D eigenvalue weighted by Crippen LogP contribution is -2.46. The van der Waals surface area contributed by atoms with Crippen molar-refractivity contribution in [1.82, 2.24) is 29.8 Å². The summed E-state index contributed by atoms with van der Waals surface area (Å²) in [6, 6.07) is 18.3. The second-order valence-corrected chi connectivity index (χ2v) is 9.44. The minimum Gasteiger partial charge on any atom is -0.353 e. The molecule has 0 atom stereocenters. The summed E-state index contributed by atoms with van der Waals surface area (Å²) in [5.41, 5.74) is 6.45. The molecule has 38 heavy (non-hydrogen) atoms. The van der Waals surface area contributed by atoms with Gasteiger partial charge < -0.3 is 4.90 Å². The Kier molecular flexibility index (Phi) is 6.78. The second kappa shape index (κ2) is 10.8. The first kappa shape index (κ1) is 23.8. The summed E-state index contributed by atoms with van der Waals surface area (Å²) < 4.78 is 0. The van der Waals surface area contributed by atoms with E-state index in [1.54, 1.807) is 6.20 Å². The third kappa shape index (κ3) is 5.40. The molecule has 2 aromatic carbocycles. The monoisotopic (exact) mass is 501 g/mol. The van der Waals surface area contributed by atoms with Crippen LogP contribution in [0.1, 0.15) is 21.6 Å². The zero-order chi connectivity index (χ0) is 25.7. The van der Waals surface area contributed by atoms with E-state index in [0.717, 1.165) is 66.3 Å². The van der Waals surface area contributed by atoms with Gasteiger partial charge in [0.2, 0.25) is 0 Å². The van der Waals surface area contributed by atoms with Gasteiger partial charge in [-0.1, -0.05) is 36.4 Å². The number of nitrogens with zero attached hydrogens (tertiary/aromatic N) is 7. The fourth-order valence-electron chi connectivity index (χ4n) is 4.75. The number of hydrogen-bond donors (Lipinski definition) is 0. The largest absolute Gasteiger partial charge is 0.353 e. The molecule has 8 nitrogen and oxygen atoms in total. The highest BCUT2D eigenvalue weighted by molar-refractivity contribution is 5.95. The summed E-state index contributed by atoms with van der Waals surface area (Å²) in [7, 11) is 0. The normalized spacial score (nSPS) is 14.1. The topological polar surface area (TPSA) is 88.0 Å². The van der Waals surface area contributed by atoms with E-state index < -0.39 is 0 Å². The number of aromatic nitrogens is 5. The summed E-state index contributed by atoms with van der Waals surface area (Å²) in [5, 5.41) is 0. The number of piperazine rings is 1. The Bertz CT molecular complexity index is 1530. The minimum atomic E-state index is -0.0442. The van der Waals surface area contributed by atoms with Crippen LogP contribution in [-0.2, 0) is 13.0 Å². The Morgan fingerprint density at radius 2 is 1.55 bits per heavy atom. The van der Waals surface area contributed by atoms with E-state index in [0.29, 0.717) is 12.1 Å². The van der Waals surface area contributed by atoms with Crippen LogP contribution in [0.15, 0.2) is 91.8 Å². The highest BCUT2D eigenvalue weighted by Gasteiger charge is 2.19. The van der Waals surface area contributed by atoms with Gasteiger partial charge >= 0.3 is 0 Å². The maximum atomic E-state index is 12.5. The van der Waals surface area contributed by atoms with E-state index >= 15 is 0 Å². The van der Waals surface area contributed by atoms with Gasteiger partial charge in [-0.15, -0.1) is 0 Å². The van der Waals surface area contributed by atoms with Gasteiger partial charge in [-0.2, -0.15) is 0 Å². The van der Waals surface area contributed by atoms with Crippen molar-refractivity contribution < 1.29 is 4.79 Å². The third-order valence-electron chi connectivity index (χ3n) is 6.86. The van der Waals surface area contributed by atoms with Crippen LogP contribution in [0.5, 0.6) is 0 Å². The Balaban J connectivity index is 1.13. The first-order valence-corrected chi connectivity index (χ1v) is 12.7. The van der Waals surface area contributed by atoms with E-state index in [-0.39, 0.29) is 5.78 Å². The number of carbonyl (C=O) groups excluding carboxylic acids is 1. The molecule has 1 aliphatic heterocycles. The molecule has 1 saturated heterocycles. The molecule has 3 aromatic heterocycles. The fourth-order valence-corrected chi connectivity index (χ4v) is 4.75. The number of anilines is 1. The van der Waals surface area contributed by atoms with E-state index in [9.17, 15) is 4.79 Å². The zero-order valence-electron chi connectivity index (χ0n) is 20.9. The van der Waals surface area contributed by atoms with Crippen molar-refractivity contribution in [1.29, 1.82) is 0 Å². The third-order valence-corrected chi connectivity index (χ3v) is 6.86. The first-order valence-electron chi connectivity index (χ1n) is 12.7. The van der Waals surface area contributed by atoms with Gasteiger partial charge in [-0.3, -0.25) is 24.6 Å². The van der Waals surface area contributed by atoms with E-state index in [2.05, 4.69) is 47.9 Å². The van der Waals surface area contributed by atoms with Crippen LogP contribution < -0.4 is 4.90 Å². The summed E-state index contributed by atoms with van der Waals surface area (Å²) in [6.07, 6.45) is 10.5. The van der Waals surface area contributed by atoms with Gasteiger partial charge in [0.25, 0.3) is 0 Å². The smallest absolute Gasteiger partial charge is 0.187 e. The van der Waals surface area contributed by atoms with Crippen LogP contribution in [0.25, 0.3) is 22.2 Å². The molecule has 0 bridgehead atoms. The number of ketones is 1. The maximum absolute atomic E-state index is 12.5. The summed E-state index contributed by atoms with van der Waals surface area (Å²) in [4.78, 5) is 39.1. The molecular formula is C30H27N7O. The zero-order valence-corrected chi connectivity index (χ0v) is 20.9. The van der Waals surface area contributed by atoms with Crippen LogP contribution in [0.4, 0.5) is 5.82 Å². The van der Waals surface area contributed by atoms with Gasteiger partial charge in [0.05, 0.1) is 23.4 Å². The Morgan fingerprint density at radius 3 is 2.32 bits per heavy atom. The molecule has 0 unspecified atom stereocenters. The Morgan fingerprint density at radius 1 is 0.737 bits per heavy atom. The molecular weight excluding hydrogens is 474 g/mol. The molecule has 0 N–H and O–H groups in total. The number of fused-ring (bicyclic) bond motifs is 1. The number of pyridine rings is 1. The van der Waals surface area contributed by atoms with E-state index in [1.165, 1.54) is 18.0 Å². The van der Waals surface area contributed by atoms with Gasteiger partial charge in [-0.05, 0) is 40.5 Å². The summed E-state index contributed by atoms with van der Waals surface area (Å²) in [5.74, 6) is 0.866. The standard InChI is InChI=1S/C30H27N7O/c38-29(28-19-32-10-11-33-28)16-22-3-5-24(6-4-22)25-7-8-26-27(17-25)35-30(20-34-26)37-14-12-36(13-15-37)21-23-2-1-9-31-18-23/h1-11,17-20H,12-16,21H2. The average molecular weight is 502 g/mol. The van der Waals surface area contributed by atoms with Crippen molar-refractivity contribution >= 4 is 22.6 Å². The van der Waals surface area contributed by atoms with E-state index in [1.807, 2.05) is 55.0 Å². The van der Waals surface area contributed by atoms with Crippen molar-refractivity contribution in [3.05, 3.63) is 109 Å². The lowest BCUT2D eigenvalue weighted by molar-refractivity contribution is 0.0988. The van der Waals surface area contributed by atoms with Crippen molar-refractivity contribution in [2.45, 2.75) is 13.0 Å². The Hall–Kier alpha value is -4.56. The van der Waals surface area contributed by atoms with Crippen LogP contribution in [-0.4, -0.2) is 61.8 Å². The SMILES string of the molecule is O=C(Cc1ccc(-c2ccc3ncc(N4CCN(Cc5cccnc5)CC4)nc3c2)cc1)c1cnccn1. The van der Waals surface area contributed by atoms with Gasteiger partial charge in [-0.25, -0.2) is 9.97 Å². The number of benzene rings is 2. The maximum Gasteiger partial charge on any atom is 0.187 e. The first-order chi connectivity index (χ1) is 18.7. The fraction of sp³-hybridized carbons (Fsp3) is 0.200.